The average Bonchev–Trinajstić information content (AvgIpc) is 2.36. The molecule has 3 heteroatoms. The summed E-state index contributed by atoms with van der Waals surface area (Å²) in [6.45, 7) is 3.90. The van der Waals surface area contributed by atoms with Gasteiger partial charge in [0.05, 0.1) is 13.2 Å². The van der Waals surface area contributed by atoms with Gasteiger partial charge in [0.1, 0.15) is 5.75 Å². The molecule has 0 saturated heterocycles. The molecule has 18 heavy (non-hydrogen) atoms. The number of rotatable bonds is 7. The average molecular weight is 249 g/mol. The Bertz CT molecular complexity index is 369. The third-order valence-corrected chi connectivity index (χ3v) is 3.65. The van der Waals surface area contributed by atoms with Gasteiger partial charge in [0.15, 0.2) is 0 Å². The molecule has 1 fully saturated rings. The number of aliphatic hydroxyl groups is 1. The van der Waals surface area contributed by atoms with Crippen molar-refractivity contribution in [3.05, 3.63) is 29.8 Å². The molecular weight excluding hydrogens is 226 g/mol. The van der Waals surface area contributed by atoms with Gasteiger partial charge in [-0.2, -0.15) is 0 Å². The highest BCUT2D eigenvalue weighted by molar-refractivity contribution is 5.28. The molecule has 0 heterocycles. The number of nitrogens with one attached hydrogen (secondary N) is 1. The van der Waals surface area contributed by atoms with E-state index in [1.165, 1.54) is 12.0 Å². The number of aliphatic hydroxyl groups excluding tert-OH is 1. The van der Waals surface area contributed by atoms with Gasteiger partial charge in [-0.25, -0.2) is 0 Å². The normalized spacial score (nSPS) is 17.2. The van der Waals surface area contributed by atoms with Crippen LogP contribution >= 0.6 is 0 Å². The van der Waals surface area contributed by atoms with Crippen LogP contribution in [0.5, 0.6) is 5.75 Å². The Balaban J connectivity index is 1.88. The molecule has 0 aromatic heterocycles. The molecule has 1 aromatic carbocycles. The van der Waals surface area contributed by atoms with Gasteiger partial charge in [0.25, 0.3) is 0 Å². The van der Waals surface area contributed by atoms with Gasteiger partial charge in [-0.1, -0.05) is 19.1 Å². The zero-order valence-corrected chi connectivity index (χ0v) is 11.1. The highest BCUT2D eigenvalue weighted by atomic mass is 16.5. The van der Waals surface area contributed by atoms with E-state index in [9.17, 15) is 5.11 Å². The van der Waals surface area contributed by atoms with Crippen LogP contribution < -0.4 is 10.1 Å². The Morgan fingerprint density at radius 2 is 2.22 bits per heavy atom. The fraction of sp³-hybridized carbons (Fsp3) is 0.600. The van der Waals surface area contributed by atoms with Crippen molar-refractivity contribution in [3.63, 3.8) is 0 Å². The smallest absolute Gasteiger partial charge is 0.119 e. The first-order chi connectivity index (χ1) is 8.78. The SMILES string of the molecule is CCCOc1cccc(CNC2(CO)CCC2)c1. The molecule has 1 aliphatic carbocycles. The van der Waals surface area contributed by atoms with E-state index < -0.39 is 0 Å². The molecule has 0 spiro atoms. The second-order valence-electron chi connectivity index (χ2n) is 5.14. The van der Waals surface area contributed by atoms with Crippen LogP contribution in [0.3, 0.4) is 0 Å². The van der Waals surface area contributed by atoms with Crippen LogP contribution in [0.2, 0.25) is 0 Å². The first-order valence-electron chi connectivity index (χ1n) is 6.86. The summed E-state index contributed by atoms with van der Waals surface area (Å²) in [6, 6.07) is 8.18. The fourth-order valence-electron chi connectivity index (χ4n) is 2.25. The quantitative estimate of drug-likeness (QED) is 0.780. The third kappa shape index (κ3) is 3.24. The molecule has 3 nitrogen and oxygen atoms in total. The lowest BCUT2D eigenvalue weighted by atomic mass is 9.77. The fourth-order valence-corrected chi connectivity index (χ4v) is 2.25. The zero-order valence-electron chi connectivity index (χ0n) is 11.1. The monoisotopic (exact) mass is 249 g/mol. The lowest BCUT2D eigenvalue weighted by Crippen LogP contribution is -2.53. The molecule has 100 valence electrons. The van der Waals surface area contributed by atoms with Crippen molar-refractivity contribution in [2.45, 2.75) is 44.7 Å². The minimum absolute atomic E-state index is 0.0275. The third-order valence-electron chi connectivity index (χ3n) is 3.65. The zero-order chi connectivity index (χ0) is 12.8. The summed E-state index contributed by atoms with van der Waals surface area (Å²) in [7, 11) is 0. The van der Waals surface area contributed by atoms with Crippen LogP contribution in [-0.4, -0.2) is 23.9 Å². The van der Waals surface area contributed by atoms with Crippen molar-refractivity contribution in [1.29, 1.82) is 0 Å². The number of hydrogen-bond donors (Lipinski definition) is 2. The van der Waals surface area contributed by atoms with Crippen molar-refractivity contribution in [2.75, 3.05) is 13.2 Å². The van der Waals surface area contributed by atoms with E-state index in [2.05, 4.69) is 24.4 Å². The minimum Gasteiger partial charge on any atom is -0.494 e. The Labute approximate surface area is 109 Å². The summed E-state index contributed by atoms with van der Waals surface area (Å²) < 4.78 is 5.62. The molecule has 1 aromatic rings. The Morgan fingerprint density at radius 1 is 1.39 bits per heavy atom. The van der Waals surface area contributed by atoms with Crippen LogP contribution in [0.1, 0.15) is 38.2 Å². The second kappa shape index (κ2) is 6.21. The van der Waals surface area contributed by atoms with Crippen LogP contribution in [0.4, 0.5) is 0 Å². The van der Waals surface area contributed by atoms with Gasteiger partial charge in [-0.3, -0.25) is 0 Å². The summed E-state index contributed by atoms with van der Waals surface area (Å²) in [6.07, 6.45) is 4.40. The molecule has 2 N–H and O–H groups in total. The largest absolute Gasteiger partial charge is 0.494 e. The van der Waals surface area contributed by atoms with E-state index in [0.717, 1.165) is 38.2 Å². The van der Waals surface area contributed by atoms with Gasteiger partial charge >= 0.3 is 0 Å². The molecule has 2 rings (SSSR count). The first kappa shape index (κ1) is 13.4. The van der Waals surface area contributed by atoms with E-state index in [1.807, 2.05) is 12.1 Å². The highest BCUT2D eigenvalue weighted by Gasteiger charge is 2.35. The second-order valence-corrected chi connectivity index (χ2v) is 5.14. The summed E-state index contributed by atoms with van der Waals surface area (Å²) in [5.41, 5.74) is 1.18. The Morgan fingerprint density at radius 3 is 2.83 bits per heavy atom. The highest BCUT2D eigenvalue weighted by Crippen LogP contribution is 2.31. The van der Waals surface area contributed by atoms with Crippen molar-refractivity contribution in [1.82, 2.24) is 5.32 Å². The predicted octanol–water partition coefficient (Wildman–Crippen LogP) is 2.48. The summed E-state index contributed by atoms with van der Waals surface area (Å²) in [4.78, 5) is 0. The van der Waals surface area contributed by atoms with E-state index in [-0.39, 0.29) is 12.1 Å². The van der Waals surface area contributed by atoms with Gasteiger partial charge in [-0.15, -0.1) is 0 Å². The van der Waals surface area contributed by atoms with Gasteiger partial charge < -0.3 is 15.2 Å². The summed E-state index contributed by atoms with van der Waals surface area (Å²) in [5, 5.41) is 12.9. The molecule has 0 atom stereocenters. The summed E-state index contributed by atoms with van der Waals surface area (Å²) >= 11 is 0. The lowest BCUT2D eigenvalue weighted by Gasteiger charge is -2.41. The predicted molar refractivity (Wildman–Crippen MR) is 72.7 cm³/mol. The first-order valence-corrected chi connectivity index (χ1v) is 6.86. The van der Waals surface area contributed by atoms with Gasteiger partial charge in [0.2, 0.25) is 0 Å². The van der Waals surface area contributed by atoms with Gasteiger partial charge in [-0.05, 0) is 43.4 Å². The number of ether oxygens (including phenoxy) is 1. The van der Waals surface area contributed by atoms with Crippen molar-refractivity contribution in [3.8, 4) is 5.75 Å². The Hall–Kier alpha value is -1.06. The molecule has 0 amide bonds. The van der Waals surface area contributed by atoms with E-state index in [0.29, 0.717) is 0 Å². The Kier molecular flexibility index (Phi) is 4.61. The molecule has 1 aliphatic rings. The maximum absolute atomic E-state index is 9.40. The lowest BCUT2D eigenvalue weighted by molar-refractivity contribution is 0.0872. The van der Waals surface area contributed by atoms with Crippen LogP contribution in [0.25, 0.3) is 0 Å². The van der Waals surface area contributed by atoms with E-state index in [4.69, 9.17) is 4.74 Å². The summed E-state index contributed by atoms with van der Waals surface area (Å²) in [5.74, 6) is 0.933. The molecule has 0 unspecified atom stereocenters. The van der Waals surface area contributed by atoms with E-state index >= 15 is 0 Å². The molecular formula is C15H23NO2. The molecule has 0 bridgehead atoms. The van der Waals surface area contributed by atoms with Crippen molar-refractivity contribution < 1.29 is 9.84 Å². The molecule has 1 saturated carbocycles. The van der Waals surface area contributed by atoms with Crippen LogP contribution in [0, 0.1) is 0 Å². The maximum atomic E-state index is 9.40. The molecule has 0 radical (unpaired) electrons. The standard InChI is InChI=1S/C15H23NO2/c1-2-9-18-14-6-3-5-13(10-14)11-16-15(12-17)7-4-8-15/h3,5-6,10,16-17H,2,4,7-9,11-12H2,1H3. The number of benzene rings is 1. The van der Waals surface area contributed by atoms with Gasteiger partial charge in [0, 0.05) is 12.1 Å². The van der Waals surface area contributed by atoms with Crippen molar-refractivity contribution in [2.24, 2.45) is 0 Å². The van der Waals surface area contributed by atoms with Crippen molar-refractivity contribution >= 4 is 0 Å². The maximum Gasteiger partial charge on any atom is 0.119 e. The van der Waals surface area contributed by atoms with E-state index in [1.54, 1.807) is 0 Å². The minimum atomic E-state index is -0.0275. The van der Waals surface area contributed by atoms with Crippen LogP contribution in [-0.2, 0) is 6.54 Å². The topological polar surface area (TPSA) is 41.5 Å². The number of hydrogen-bond acceptors (Lipinski definition) is 3. The molecule has 0 aliphatic heterocycles. The van der Waals surface area contributed by atoms with Crippen LogP contribution in [0.15, 0.2) is 24.3 Å².